The van der Waals surface area contributed by atoms with Gasteiger partial charge in [0, 0.05) is 19.3 Å². The summed E-state index contributed by atoms with van der Waals surface area (Å²) in [6.07, 6.45) is 1.70. The van der Waals surface area contributed by atoms with Gasteiger partial charge < -0.3 is 9.64 Å². The lowest BCUT2D eigenvalue weighted by molar-refractivity contribution is -0.115. The number of thioether (sulfide) groups is 2. The molecule has 26 heavy (non-hydrogen) atoms. The van der Waals surface area contributed by atoms with E-state index >= 15 is 0 Å². The highest BCUT2D eigenvalue weighted by molar-refractivity contribution is 8.00. The van der Waals surface area contributed by atoms with Crippen LogP contribution in [0.4, 0.5) is 5.95 Å². The van der Waals surface area contributed by atoms with Crippen molar-refractivity contribution in [3.8, 4) is 0 Å². The van der Waals surface area contributed by atoms with Crippen molar-refractivity contribution < 1.29 is 14.3 Å². The van der Waals surface area contributed by atoms with Gasteiger partial charge in [0.25, 0.3) is 0 Å². The van der Waals surface area contributed by atoms with E-state index in [9.17, 15) is 9.59 Å². The monoisotopic (exact) mass is 393 g/mol. The Labute approximate surface area is 159 Å². The Bertz CT molecular complexity index is 827. The van der Waals surface area contributed by atoms with Crippen LogP contribution in [0.5, 0.6) is 0 Å². The minimum Gasteiger partial charge on any atom is -0.378 e. The second kappa shape index (κ2) is 8.74. The molecule has 0 saturated carbocycles. The molecule has 0 unspecified atom stereocenters. The number of anilines is 1. The van der Waals surface area contributed by atoms with Crippen LogP contribution in [0.1, 0.15) is 13.8 Å². The van der Waals surface area contributed by atoms with E-state index in [4.69, 9.17) is 4.74 Å². The summed E-state index contributed by atoms with van der Waals surface area (Å²) in [5.41, 5.74) is 0.522. The molecule has 138 valence electrons. The minimum atomic E-state index is 0.0494. The lowest BCUT2D eigenvalue weighted by atomic mass is 10.4. The van der Waals surface area contributed by atoms with Crippen molar-refractivity contribution in [1.82, 2.24) is 19.9 Å². The van der Waals surface area contributed by atoms with Crippen LogP contribution in [0.2, 0.25) is 0 Å². The van der Waals surface area contributed by atoms with E-state index in [1.165, 1.54) is 37.4 Å². The van der Waals surface area contributed by atoms with E-state index in [1.807, 2.05) is 0 Å². The fourth-order valence-electron chi connectivity index (χ4n) is 2.29. The summed E-state index contributed by atoms with van der Waals surface area (Å²) < 4.78 is 5.36. The van der Waals surface area contributed by atoms with Crippen LogP contribution in [-0.2, 0) is 14.3 Å². The first-order valence-electron chi connectivity index (χ1n) is 8.15. The van der Waals surface area contributed by atoms with Gasteiger partial charge in [-0.1, -0.05) is 23.5 Å². The van der Waals surface area contributed by atoms with Gasteiger partial charge in [-0.05, 0) is 13.8 Å². The van der Waals surface area contributed by atoms with Gasteiger partial charge in [-0.25, -0.2) is 15.0 Å². The third kappa shape index (κ3) is 4.89. The number of ether oxygens (including phenoxy) is 1. The smallest absolute Gasteiger partial charge is 0.227 e. The van der Waals surface area contributed by atoms with Crippen molar-refractivity contribution in [1.29, 1.82) is 0 Å². The molecule has 10 heteroatoms. The van der Waals surface area contributed by atoms with E-state index < -0.39 is 0 Å². The van der Waals surface area contributed by atoms with E-state index in [0.717, 1.165) is 13.1 Å². The number of hydrogen-bond donors (Lipinski definition) is 0. The van der Waals surface area contributed by atoms with Crippen molar-refractivity contribution in [2.24, 2.45) is 0 Å². The molecule has 8 nitrogen and oxygen atoms in total. The molecule has 0 atom stereocenters. The van der Waals surface area contributed by atoms with Gasteiger partial charge >= 0.3 is 0 Å². The zero-order valence-electron chi connectivity index (χ0n) is 14.6. The normalized spacial score (nSPS) is 14.6. The summed E-state index contributed by atoms with van der Waals surface area (Å²) in [6.45, 7) is 5.81. The number of nitrogens with zero attached hydrogens (tertiary/aromatic N) is 5. The first-order chi connectivity index (χ1) is 12.5. The SMILES string of the molecule is CC(=O)CSc1nc(SCC(C)=O)c2cnc(N3CCOCC3)nc2n1. The minimum absolute atomic E-state index is 0.0494. The van der Waals surface area contributed by atoms with Gasteiger partial charge in [-0.3, -0.25) is 9.59 Å². The lowest BCUT2D eigenvalue weighted by Gasteiger charge is -2.26. The molecule has 0 radical (unpaired) electrons. The second-order valence-electron chi connectivity index (χ2n) is 5.80. The number of rotatable bonds is 7. The summed E-state index contributed by atoms with van der Waals surface area (Å²) in [4.78, 5) is 42.7. The summed E-state index contributed by atoms with van der Waals surface area (Å²) in [6, 6.07) is 0. The molecule has 3 heterocycles. The highest BCUT2D eigenvalue weighted by Crippen LogP contribution is 2.28. The van der Waals surface area contributed by atoms with E-state index in [0.29, 0.717) is 51.9 Å². The Morgan fingerprint density at radius 3 is 2.46 bits per heavy atom. The number of ketones is 2. The number of aromatic nitrogens is 4. The summed E-state index contributed by atoms with van der Waals surface area (Å²) in [5, 5.41) is 1.84. The molecule has 0 aromatic carbocycles. The van der Waals surface area contributed by atoms with Crippen LogP contribution >= 0.6 is 23.5 Å². The summed E-state index contributed by atoms with van der Waals surface area (Å²) >= 11 is 2.60. The van der Waals surface area contributed by atoms with Crippen LogP contribution in [0.25, 0.3) is 11.0 Å². The highest BCUT2D eigenvalue weighted by Gasteiger charge is 2.17. The largest absolute Gasteiger partial charge is 0.378 e. The number of fused-ring (bicyclic) bond motifs is 1. The predicted octanol–water partition coefficient (Wildman–Crippen LogP) is 1.62. The maximum absolute atomic E-state index is 11.3. The number of carbonyl (C=O) groups excluding carboxylic acids is 2. The zero-order valence-corrected chi connectivity index (χ0v) is 16.2. The Morgan fingerprint density at radius 2 is 1.77 bits per heavy atom. The van der Waals surface area contributed by atoms with Gasteiger partial charge in [-0.15, -0.1) is 0 Å². The molecule has 2 aromatic heterocycles. The van der Waals surface area contributed by atoms with E-state index in [-0.39, 0.29) is 11.6 Å². The zero-order chi connectivity index (χ0) is 18.5. The summed E-state index contributed by atoms with van der Waals surface area (Å²) in [5.74, 6) is 1.32. The Morgan fingerprint density at radius 1 is 1.08 bits per heavy atom. The molecule has 3 rings (SSSR count). The summed E-state index contributed by atoms with van der Waals surface area (Å²) in [7, 11) is 0. The quantitative estimate of drug-likeness (QED) is 0.392. The van der Waals surface area contributed by atoms with Gasteiger partial charge in [0.1, 0.15) is 16.6 Å². The van der Waals surface area contributed by atoms with Crippen molar-refractivity contribution in [3.63, 3.8) is 0 Å². The van der Waals surface area contributed by atoms with Crippen LogP contribution in [-0.4, -0.2) is 69.3 Å². The molecule has 0 spiro atoms. The lowest BCUT2D eigenvalue weighted by Crippen LogP contribution is -2.37. The maximum Gasteiger partial charge on any atom is 0.227 e. The van der Waals surface area contributed by atoms with Crippen LogP contribution in [0.3, 0.4) is 0 Å². The number of morpholine rings is 1. The van der Waals surface area contributed by atoms with Crippen molar-refractivity contribution in [2.45, 2.75) is 24.0 Å². The van der Waals surface area contributed by atoms with E-state index in [1.54, 1.807) is 6.20 Å². The highest BCUT2D eigenvalue weighted by atomic mass is 32.2. The molecule has 1 aliphatic rings. The molecule has 0 N–H and O–H groups in total. The molecule has 1 aliphatic heterocycles. The Balaban J connectivity index is 1.96. The van der Waals surface area contributed by atoms with Crippen molar-refractivity contribution in [3.05, 3.63) is 6.20 Å². The Kier molecular flexibility index (Phi) is 6.38. The van der Waals surface area contributed by atoms with Crippen LogP contribution < -0.4 is 4.90 Å². The Hall–Kier alpha value is -1.78. The van der Waals surface area contributed by atoms with Crippen molar-refractivity contribution >= 4 is 52.1 Å². The first-order valence-corrected chi connectivity index (χ1v) is 10.1. The number of carbonyl (C=O) groups is 2. The molecule has 0 amide bonds. The predicted molar refractivity (Wildman–Crippen MR) is 101 cm³/mol. The number of Topliss-reactive ketones (excluding diaryl/α,β-unsaturated/α-hetero) is 2. The van der Waals surface area contributed by atoms with Crippen LogP contribution in [0, 0.1) is 0 Å². The van der Waals surface area contributed by atoms with Gasteiger partial charge in [-0.2, -0.15) is 4.98 Å². The second-order valence-corrected chi connectivity index (χ2v) is 7.71. The third-order valence-electron chi connectivity index (χ3n) is 3.50. The topological polar surface area (TPSA) is 98.2 Å². The molecular formula is C16H19N5O3S2. The van der Waals surface area contributed by atoms with Crippen LogP contribution in [0.15, 0.2) is 16.4 Å². The first kappa shape index (κ1) is 19.0. The maximum atomic E-state index is 11.3. The molecule has 2 aromatic rings. The van der Waals surface area contributed by atoms with Gasteiger partial charge in [0.2, 0.25) is 5.95 Å². The average Bonchev–Trinajstić information content (AvgIpc) is 2.64. The standard InChI is InChI=1S/C16H19N5O3S2/c1-10(22)8-25-14-12-7-17-15(21-3-5-24-6-4-21)18-13(12)19-16(20-14)26-9-11(2)23/h7H,3-6,8-9H2,1-2H3. The molecular weight excluding hydrogens is 374 g/mol. The third-order valence-corrected chi connectivity index (χ3v) is 5.62. The van der Waals surface area contributed by atoms with E-state index in [2.05, 4.69) is 24.8 Å². The fourth-order valence-corrected chi connectivity index (χ4v) is 3.78. The van der Waals surface area contributed by atoms with Gasteiger partial charge in [0.15, 0.2) is 10.8 Å². The molecule has 0 aliphatic carbocycles. The van der Waals surface area contributed by atoms with Gasteiger partial charge in [0.05, 0.1) is 30.1 Å². The molecule has 0 bridgehead atoms. The molecule has 1 fully saturated rings. The average molecular weight is 393 g/mol. The number of hydrogen-bond acceptors (Lipinski definition) is 10. The fraction of sp³-hybridized carbons (Fsp3) is 0.500. The van der Waals surface area contributed by atoms with Crippen molar-refractivity contribution in [2.75, 3.05) is 42.7 Å². The molecule has 1 saturated heterocycles.